The molecule has 0 unspecified atom stereocenters. The molecule has 0 spiro atoms. The van der Waals surface area contributed by atoms with Gasteiger partial charge in [0.25, 0.3) is 0 Å². The van der Waals surface area contributed by atoms with Crippen LogP contribution in [0.5, 0.6) is 0 Å². The summed E-state index contributed by atoms with van der Waals surface area (Å²) >= 11 is 0. The van der Waals surface area contributed by atoms with Gasteiger partial charge in [0.05, 0.1) is 0 Å². The van der Waals surface area contributed by atoms with E-state index in [0.717, 1.165) is 12.0 Å². The molecule has 94 valence electrons. The van der Waals surface area contributed by atoms with Gasteiger partial charge in [-0.2, -0.15) is 0 Å². The van der Waals surface area contributed by atoms with Crippen LogP contribution < -0.4 is 5.32 Å². The zero-order chi connectivity index (χ0) is 11.2. The fourth-order valence-corrected chi connectivity index (χ4v) is 3.23. The van der Waals surface area contributed by atoms with Crippen LogP contribution in [0.25, 0.3) is 0 Å². The van der Waals surface area contributed by atoms with Crippen LogP contribution in [0, 0.1) is 5.92 Å². The zero-order valence-electron chi connectivity index (χ0n) is 10.9. The second-order valence-electron chi connectivity index (χ2n) is 5.68. The van der Waals surface area contributed by atoms with Gasteiger partial charge in [0.2, 0.25) is 0 Å². The quantitative estimate of drug-likeness (QED) is 0.772. The van der Waals surface area contributed by atoms with Gasteiger partial charge in [-0.25, -0.2) is 0 Å². The minimum Gasteiger partial charge on any atom is -0.314 e. The normalized spacial score (nSPS) is 25.3. The highest BCUT2D eigenvalue weighted by atomic mass is 15.1. The number of nitrogens with one attached hydrogen (secondary N) is 1. The Labute approximate surface area is 101 Å². The average molecular weight is 224 g/mol. The molecule has 0 aromatic carbocycles. The highest BCUT2D eigenvalue weighted by Gasteiger charge is 2.22. The van der Waals surface area contributed by atoms with E-state index in [4.69, 9.17) is 0 Å². The van der Waals surface area contributed by atoms with Crippen molar-refractivity contribution in [2.24, 2.45) is 5.92 Å². The molecule has 0 aromatic heterocycles. The van der Waals surface area contributed by atoms with Gasteiger partial charge in [-0.3, -0.25) is 0 Å². The van der Waals surface area contributed by atoms with Crippen molar-refractivity contribution in [2.75, 3.05) is 26.2 Å². The highest BCUT2D eigenvalue weighted by Crippen LogP contribution is 2.26. The summed E-state index contributed by atoms with van der Waals surface area (Å²) < 4.78 is 0. The molecule has 1 saturated heterocycles. The summed E-state index contributed by atoms with van der Waals surface area (Å²) in [6.45, 7) is 7.51. The van der Waals surface area contributed by atoms with Crippen molar-refractivity contribution in [2.45, 2.75) is 57.9 Å². The number of piperidine rings is 1. The van der Waals surface area contributed by atoms with Crippen LogP contribution >= 0.6 is 0 Å². The molecule has 2 aliphatic rings. The Balaban J connectivity index is 1.60. The van der Waals surface area contributed by atoms with Crippen LogP contribution in [-0.2, 0) is 0 Å². The lowest BCUT2D eigenvalue weighted by molar-refractivity contribution is 0.173. The summed E-state index contributed by atoms with van der Waals surface area (Å²) in [5.41, 5.74) is 0. The number of hydrogen-bond donors (Lipinski definition) is 1. The SMILES string of the molecule is CCCNC1CCN(CC2CCCC2)CC1. The predicted octanol–water partition coefficient (Wildman–Crippen LogP) is 2.64. The first-order valence-corrected chi connectivity index (χ1v) is 7.34. The third-order valence-electron chi connectivity index (χ3n) is 4.26. The molecule has 0 atom stereocenters. The van der Waals surface area contributed by atoms with Gasteiger partial charge in [-0.05, 0) is 57.7 Å². The minimum absolute atomic E-state index is 0.805. The van der Waals surface area contributed by atoms with Crippen LogP contribution in [-0.4, -0.2) is 37.1 Å². The standard InChI is InChI=1S/C14H28N2/c1-2-9-15-14-7-10-16(11-8-14)12-13-5-3-4-6-13/h13-15H,2-12H2,1H3. The van der Waals surface area contributed by atoms with Gasteiger partial charge in [0.15, 0.2) is 0 Å². The molecule has 1 aliphatic carbocycles. The van der Waals surface area contributed by atoms with Crippen molar-refractivity contribution >= 4 is 0 Å². The first kappa shape index (κ1) is 12.4. The van der Waals surface area contributed by atoms with E-state index in [0.29, 0.717) is 0 Å². The van der Waals surface area contributed by atoms with E-state index in [1.807, 2.05) is 0 Å². The van der Waals surface area contributed by atoms with Crippen LogP contribution in [0.3, 0.4) is 0 Å². The third-order valence-corrected chi connectivity index (χ3v) is 4.26. The van der Waals surface area contributed by atoms with Crippen LogP contribution in [0.15, 0.2) is 0 Å². The summed E-state index contributed by atoms with van der Waals surface area (Å²) in [4.78, 5) is 2.71. The fraction of sp³-hybridized carbons (Fsp3) is 1.00. The topological polar surface area (TPSA) is 15.3 Å². The lowest BCUT2D eigenvalue weighted by Crippen LogP contribution is -2.44. The van der Waals surface area contributed by atoms with Crippen molar-refractivity contribution in [3.63, 3.8) is 0 Å². The molecule has 1 saturated carbocycles. The van der Waals surface area contributed by atoms with Gasteiger partial charge in [0.1, 0.15) is 0 Å². The van der Waals surface area contributed by atoms with Gasteiger partial charge in [-0.15, -0.1) is 0 Å². The number of likely N-dealkylation sites (tertiary alicyclic amines) is 1. The largest absolute Gasteiger partial charge is 0.314 e. The molecule has 1 N–H and O–H groups in total. The molecule has 0 bridgehead atoms. The molecule has 0 aromatic rings. The summed E-state index contributed by atoms with van der Waals surface area (Å²) in [5.74, 6) is 1.03. The molecule has 0 radical (unpaired) electrons. The first-order chi connectivity index (χ1) is 7.88. The van der Waals surface area contributed by atoms with E-state index in [1.165, 1.54) is 71.1 Å². The maximum absolute atomic E-state index is 3.66. The molecule has 2 rings (SSSR count). The fourth-order valence-electron chi connectivity index (χ4n) is 3.23. The van der Waals surface area contributed by atoms with E-state index >= 15 is 0 Å². The summed E-state index contributed by atoms with van der Waals surface area (Å²) in [5, 5.41) is 3.66. The van der Waals surface area contributed by atoms with E-state index in [1.54, 1.807) is 0 Å². The molecule has 2 heteroatoms. The molecular formula is C14H28N2. The van der Waals surface area contributed by atoms with Crippen molar-refractivity contribution in [1.29, 1.82) is 0 Å². The average Bonchev–Trinajstić information content (AvgIpc) is 2.81. The molecule has 2 fully saturated rings. The Morgan fingerprint density at radius 1 is 1.06 bits per heavy atom. The summed E-state index contributed by atoms with van der Waals surface area (Å²) in [6, 6.07) is 0.805. The lowest BCUT2D eigenvalue weighted by Gasteiger charge is -2.33. The van der Waals surface area contributed by atoms with E-state index in [2.05, 4.69) is 17.1 Å². The van der Waals surface area contributed by atoms with Gasteiger partial charge in [0, 0.05) is 12.6 Å². The number of rotatable bonds is 5. The van der Waals surface area contributed by atoms with E-state index < -0.39 is 0 Å². The molecule has 1 aliphatic heterocycles. The Kier molecular flexibility index (Phi) is 5.11. The second-order valence-corrected chi connectivity index (χ2v) is 5.68. The van der Waals surface area contributed by atoms with Crippen molar-refractivity contribution < 1.29 is 0 Å². The smallest absolute Gasteiger partial charge is 0.00914 e. The monoisotopic (exact) mass is 224 g/mol. The Morgan fingerprint density at radius 2 is 1.75 bits per heavy atom. The summed E-state index contributed by atoms with van der Waals surface area (Å²) in [7, 11) is 0. The van der Waals surface area contributed by atoms with E-state index in [-0.39, 0.29) is 0 Å². The summed E-state index contributed by atoms with van der Waals surface area (Å²) in [6.07, 6.45) is 9.96. The predicted molar refractivity (Wildman–Crippen MR) is 69.7 cm³/mol. The molecule has 0 amide bonds. The van der Waals surface area contributed by atoms with Crippen molar-refractivity contribution in [3.8, 4) is 0 Å². The third kappa shape index (κ3) is 3.74. The van der Waals surface area contributed by atoms with Gasteiger partial charge < -0.3 is 10.2 Å². The second kappa shape index (κ2) is 6.61. The van der Waals surface area contributed by atoms with Gasteiger partial charge in [-0.1, -0.05) is 19.8 Å². The minimum atomic E-state index is 0.805. The van der Waals surface area contributed by atoms with Gasteiger partial charge >= 0.3 is 0 Å². The van der Waals surface area contributed by atoms with Crippen LogP contribution in [0.1, 0.15) is 51.9 Å². The Hall–Kier alpha value is -0.0800. The number of hydrogen-bond acceptors (Lipinski definition) is 2. The molecule has 1 heterocycles. The van der Waals surface area contributed by atoms with Crippen LogP contribution in [0.4, 0.5) is 0 Å². The Bertz CT molecular complexity index is 179. The number of nitrogens with zero attached hydrogens (tertiary/aromatic N) is 1. The molecule has 2 nitrogen and oxygen atoms in total. The maximum Gasteiger partial charge on any atom is 0.00914 e. The first-order valence-electron chi connectivity index (χ1n) is 7.34. The highest BCUT2D eigenvalue weighted by molar-refractivity contribution is 4.79. The van der Waals surface area contributed by atoms with Crippen molar-refractivity contribution in [3.05, 3.63) is 0 Å². The zero-order valence-corrected chi connectivity index (χ0v) is 10.9. The van der Waals surface area contributed by atoms with Crippen LogP contribution in [0.2, 0.25) is 0 Å². The van der Waals surface area contributed by atoms with Crippen molar-refractivity contribution in [1.82, 2.24) is 10.2 Å². The Morgan fingerprint density at radius 3 is 2.38 bits per heavy atom. The van der Waals surface area contributed by atoms with E-state index in [9.17, 15) is 0 Å². The maximum atomic E-state index is 3.66. The molecular weight excluding hydrogens is 196 g/mol. The molecule has 16 heavy (non-hydrogen) atoms. The lowest BCUT2D eigenvalue weighted by atomic mass is 10.0.